The number of nitrogens with zero attached hydrogens (tertiary/aromatic N) is 5. The zero-order valence-electron chi connectivity index (χ0n) is 29.1. The summed E-state index contributed by atoms with van der Waals surface area (Å²) in [6.45, 7) is 4.17. The van der Waals surface area contributed by atoms with Crippen molar-refractivity contribution in [2.75, 3.05) is 0 Å². The van der Waals surface area contributed by atoms with Gasteiger partial charge in [-0.05, 0) is 95.1 Å². The van der Waals surface area contributed by atoms with E-state index in [0.717, 1.165) is 51.9 Å². The molecule has 9 rings (SSSR count). The molecule has 6 aromatic carbocycles. The molecule has 0 fully saturated rings. The third-order valence-electron chi connectivity index (χ3n) is 9.88. The molecule has 0 saturated heterocycles. The van der Waals surface area contributed by atoms with Crippen LogP contribution in [0.4, 0.5) is 0 Å². The fourth-order valence-corrected chi connectivity index (χ4v) is 7.09. The van der Waals surface area contributed by atoms with E-state index in [2.05, 4.69) is 157 Å². The first-order chi connectivity index (χ1) is 25.6. The molecular formula is C47H35N5. The topological polar surface area (TPSA) is 64.5 Å². The molecule has 1 aliphatic carbocycles. The normalized spacial score (nSPS) is 12.2. The number of allylic oxidation sites excluding steroid dienone is 1. The van der Waals surface area contributed by atoms with E-state index in [9.17, 15) is 0 Å². The van der Waals surface area contributed by atoms with Crippen LogP contribution < -0.4 is 0 Å². The Bertz CT molecular complexity index is 2540. The van der Waals surface area contributed by atoms with Gasteiger partial charge in [-0.3, -0.25) is 9.97 Å². The number of aromatic nitrogens is 5. The lowest BCUT2D eigenvalue weighted by molar-refractivity contribution is 0.992. The number of hydrogen-bond acceptors (Lipinski definition) is 5. The van der Waals surface area contributed by atoms with Crippen LogP contribution in [0.1, 0.15) is 28.7 Å². The maximum absolute atomic E-state index is 5.07. The fourth-order valence-electron chi connectivity index (χ4n) is 7.09. The number of benzene rings is 6. The average molecular weight is 670 g/mol. The maximum Gasteiger partial charge on any atom is 0.164 e. The molecule has 52 heavy (non-hydrogen) atoms. The Morgan fingerprint density at radius 3 is 1.79 bits per heavy atom. The van der Waals surface area contributed by atoms with Crippen molar-refractivity contribution in [3.63, 3.8) is 0 Å². The van der Waals surface area contributed by atoms with Crippen molar-refractivity contribution in [2.45, 2.75) is 26.7 Å². The van der Waals surface area contributed by atoms with Gasteiger partial charge in [0.25, 0.3) is 0 Å². The average Bonchev–Trinajstić information content (AvgIpc) is 3.21. The number of fused-ring (bicyclic) bond motifs is 3. The van der Waals surface area contributed by atoms with E-state index in [-0.39, 0.29) is 0 Å². The zero-order chi connectivity index (χ0) is 35.0. The van der Waals surface area contributed by atoms with E-state index in [4.69, 9.17) is 15.0 Å². The highest BCUT2D eigenvalue weighted by molar-refractivity contribution is 5.97. The van der Waals surface area contributed by atoms with Gasteiger partial charge < -0.3 is 0 Å². The first-order valence-electron chi connectivity index (χ1n) is 17.7. The van der Waals surface area contributed by atoms with E-state index in [0.29, 0.717) is 17.5 Å². The minimum absolute atomic E-state index is 0.598. The lowest BCUT2D eigenvalue weighted by Crippen LogP contribution is -2.01. The van der Waals surface area contributed by atoms with Gasteiger partial charge in [0.05, 0.1) is 11.9 Å². The van der Waals surface area contributed by atoms with Crippen LogP contribution in [0.15, 0.2) is 146 Å². The lowest BCUT2D eigenvalue weighted by Gasteiger charge is -2.19. The van der Waals surface area contributed by atoms with Crippen LogP contribution in [0.5, 0.6) is 0 Å². The summed E-state index contributed by atoms with van der Waals surface area (Å²) in [6.07, 6.45) is 11.9. The molecule has 1 aliphatic rings. The summed E-state index contributed by atoms with van der Waals surface area (Å²) in [4.78, 5) is 24.1. The SMILES string of the molecule is Cc1ccc(-c2nc(-c3ccc(C)cc3)nc(-c3cc(-c4ccc(-c5cc6ccccc6c6c5CCC=C6)cc4)cc(-c4cnccn4)c3)n2)cc1. The molecule has 2 aromatic heterocycles. The monoisotopic (exact) mass is 669 g/mol. The summed E-state index contributed by atoms with van der Waals surface area (Å²) in [5, 5.41) is 2.58. The summed E-state index contributed by atoms with van der Waals surface area (Å²) < 4.78 is 0. The highest BCUT2D eigenvalue weighted by Gasteiger charge is 2.18. The Morgan fingerprint density at radius 1 is 0.519 bits per heavy atom. The Morgan fingerprint density at radius 2 is 1.12 bits per heavy atom. The Kier molecular flexibility index (Phi) is 8.01. The summed E-state index contributed by atoms with van der Waals surface area (Å²) in [5.74, 6) is 1.86. The zero-order valence-corrected chi connectivity index (χ0v) is 29.1. The quantitative estimate of drug-likeness (QED) is 0.176. The first kappa shape index (κ1) is 31.4. The largest absolute Gasteiger partial charge is 0.261 e. The minimum Gasteiger partial charge on any atom is -0.261 e. The van der Waals surface area contributed by atoms with Crippen molar-refractivity contribution in [3.05, 3.63) is 168 Å². The third-order valence-corrected chi connectivity index (χ3v) is 9.88. The Balaban J connectivity index is 1.18. The van der Waals surface area contributed by atoms with Crippen LogP contribution in [0.3, 0.4) is 0 Å². The summed E-state index contributed by atoms with van der Waals surface area (Å²) in [5.41, 5.74) is 14.3. The second-order valence-electron chi connectivity index (χ2n) is 13.5. The van der Waals surface area contributed by atoms with Crippen molar-refractivity contribution in [2.24, 2.45) is 0 Å². The maximum atomic E-state index is 5.07. The highest BCUT2D eigenvalue weighted by atomic mass is 15.0. The van der Waals surface area contributed by atoms with Gasteiger partial charge in [-0.15, -0.1) is 0 Å². The van der Waals surface area contributed by atoms with E-state index in [1.165, 1.54) is 44.2 Å². The smallest absolute Gasteiger partial charge is 0.164 e. The van der Waals surface area contributed by atoms with Crippen LogP contribution in [-0.4, -0.2) is 24.9 Å². The van der Waals surface area contributed by atoms with Gasteiger partial charge in [0.15, 0.2) is 17.5 Å². The second-order valence-corrected chi connectivity index (χ2v) is 13.5. The number of rotatable bonds is 6. The van der Waals surface area contributed by atoms with Gasteiger partial charge >= 0.3 is 0 Å². The van der Waals surface area contributed by atoms with Gasteiger partial charge in [0, 0.05) is 34.6 Å². The second kappa shape index (κ2) is 13.3. The molecule has 8 aromatic rings. The number of aryl methyl sites for hydroxylation is 2. The molecular weight excluding hydrogens is 635 g/mol. The Labute approximate surface area is 303 Å². The molecule has 5 heteroatoms. The predicted molar refractivity (Wildman–Crippen MR) is 212 cm³/mol. The molecule has 0 atom stereocenters. The van der Waals surface area contributed by atoms with Crippen LogP contribution in [0.2, 0.25) is 0 Å². The van der Waals surface area contributed by atoms with E-state index < -0.39 is 0 Å². The van der Waals surface area contributed by atoms with Crippen molar-refractivity contribution >= 4 is 16.8 Å². The van der Waals surface area contributed by atoms with Crippen LogP contribution >= 0.6 is 0 Å². The molecule has 0 saturated carbocycles. The van der Waals surface area contributed by atoms with Crippen molar-refractivity contribution in [1.82, 2.24) is 24.9 Å². The molecule has 2 heterocycles. The van der Waals surface area contributed by atoms with Gasteiger partial charge in [0.1, 0.15) is 0 Å². The van der Waals surface area contributed by atoms with Gasteiger partial charge in [-0.25, -0.2) is 15.0 Å². The summed E-state index contributed by atoms with van der Waals surface area (Å²) in [7, 11) is 0. The van der Waals surface area contributed by atoms with Crippen molar-refractivity contribution in [1.29, 1.82) is 0 Å². The van der Waals surface area contributed by atoms with Crippen LogP contribution in [-0.2, 0) is 6.42 Å². The standard InChI is InChI=1S/C47H35N5/c1-30-11-15-34(16-12-30)45-50-46(35-17-13-31(2)14-18-35)52-47(51-45)39-26-37(25-38(27-39)44-29-48-23-24-49-44)32-19-21-33(22-20-32)43-28-36-7-3-4-8-40(36)41-9-5-6-10-42(41)43/h3-5,7-9,11-29H,6,10H2,1-2H3. The molecule has 0 N–H and O–H groups in total. The van der Waals surface area contributed by atoms with Crippen molar-refractivity contribution < 1.29 is 0 Å². The molecule has 0 unspecified atom stereocenters. The minimum atomic E-state index is 0.598. The molecule has 248 valence electrons. The fraction of sp³-hybridized carbons (Fsp3) is 0.0851. The van der Waals surface area contributed by atoms with Crippen molar-refractivity contribution in [3.8, 4) is 67.7 Å². The van der Waals surface area contributed by atoms with Crippen LogP contribution in [0, 0.1) is 13.8 Å². The van der Waals surface area contributed by atoms with Gasteiger partial charge in [-0.1, -0.05) is 120 Å². The third kappa shape index (κ3) is 6.07. The molecule has 0 aliphatic heterocycles. The predicted octanol–water partition coefficient (Wildman–Crippen LogP) is 11.4. The van der Waals surface area contributed by atoms with E-state index in [1.54, 1.807) is 18.6 Å². The van der Waals surface area contributed by atoms with Gasteiger partial charge in [0.2, 0.25) is 0 Å². The Hall–Kier alpha value is -6.59. The molecule has 0 amide bonds. The molecule has 0 spiro atoms. The highest BCUT2D eigenvalue weighted by Crippen LogP contribution is 2.38. The first-order valence-corrected chi connectivity index (χ1v) is 17.7. The lowest BCUT2D eigenvalue weighted by atomic mass is 9.85. The van der Waals surface area contributed by atoms with Gasteiger partial charge in [-0.2, -0.15) is 0 Å². The molecule has 5 nitrogen and oxygen atoms in total. The summed E-state index contributed by atoms with van der Waals surface area (Å²) in [6, 6.07) is 43.1. The van der Waals surface area contributed by atoms with E-state index in [1.807, 2.05) is 0 Å². The number of hydrogen-bond donors (Lipinski definition) is 0. The van der Waals surface area contributed by atoms with Crippen LogP contribution in [0.25, 0.3) is 84.5 Å². The summed E-state index contributed by atoms with van der Waals surface area (Å²) >= 11 is 0. The molecule has 0 bridgehead atoms. The van der Waals surface area contributed by atoms with E-state index >= 15 is 0 Å². The molecule has 0 radical (unpaired) electrons.